The van der Waals surface area contributed by atoms with Gasteiger partial charge in [-0.3, -0.25) is 10.1 Å². The van der Waals surface area contributed by atoms with Crippen molar-refractivity contribution in [3.63, 3.8) is 0 Å². The smallest absolute Gasteiger partial charge is 0.334 e. The monoisotopic (exact) mass is 321 g/mol. The van der Waals surface area contributed by atoms with E-state index >= 15 is 0 Å². The Morgan fingerprint density at radius 3 is 2.39 bits per heavy atom. The van der Waals surface area contributed by atoms with E-state index < -0.39 is 10.9 Å². The van der Waals surface area contributed by atoms with Crippen molar-refractivity contribution in [3.05, 3.63) is 33.4 Å². The van der Waals surface area contributed by atoms with Crippen LogP contribution in [-0.2, 0) is 9.53 Å². The first-order valence-corrected chi connectivity index (χ1v) is 7.45. The summed E-state index contributed by atoms with van der Waals surface area (Å²) in [6.45, 7) is 6.13. The zero-order valence-electron chi connectivity index (χ0n) is 13.3. The molecule has 0 aromatic heterocycles. The number of rotatable bonds is 6. The average Bonchev–Trinajstić information content (AvgIpc) is 2.79. The molecule has 0 aliphatic carbocycles. The first-order chi connectivity index (χ1) is 11.0. The molecule has 7 heteroatoms. The lowest BCUT2D eigenvalue weighted by atomic mass is 10.1. The van der Waals surface area contributed by atoms with Gasteiger partial charge in [-0.2, -0.15) is 0 Å². The van der Waals surface area contributed by atoms with Crippen molar-refractivity contribution in [2.75, 3.05) is 13.2 Å². The molecule has 0 bridgehead atoms. The Labute approximate surface area is 134 Å². The topological polar surface area (TPSA) is 87.9 Å². The number of ether oxygens (including phenoxy) is 3. The van der Waals surface area contributed by atoms with Crippen molar-refractivity contribution >= 4 is 17.7 Å². The quantitative estimate of drug-likeness (QED) is 0.346. The summed E-state index contributed by atoms with van der Waals surface area (Å²) in [5.74, 6) is 0.274. The lowest BCUT2D eigenvalue weighted by Gasteiger charge is -2.12. The molecule has 1 fully saturated rings. The van der Waals surface area contributed by atoms with Gasteiger partial charge in [0.2, 0.25) is 0 Å². The van der Waals surface area contributed by atoms with Gasteiger partial charge in [0.15, 0.2) is 11.5 Å². The van der Waals surface area contributed by atoms with Crippen molar-refractivity contribution in [1.82, 2.24) is 0 Å². The Kier molecular flexibility index (Phi) is 5.20. The highest BCUT2D eigenvalue weighted by molar-refractivity contribution is 5.96. The van der Waals surface area contributed by atoms with Gasteiger partial charge in [0.05, 0.1) is 29.8 Å². The van der Waals surface area contributed by atoms with Gasteiger partial charge in [0.25, 0.3) is 5.69 Å². The van der Waals surface area contributed by atoms with Gasteiger partial charge in [-0.05, 0) is 32.9 Å². The molecule has 0 spiro atoms. The van der Waals surface area contributed by atoms with Crippen LogP contribution >= 0.6 is 0 Å². The summed E-state index contributed by atoms with van der Waals surface area (Å²) >= 11 is 0. The molecule has 23 heavy (non-hydrogen) atoms. The molecule has 0 saturated carbocycles. The van der Waals surface area contributed by atoms with Gasteiger partial charge in [0, 0.05) is 12.0 Å². The molecule has 0 N–H and O–H groups in total. The van der Waals surface area contributed by atoms with E-state index in [1.165, 1.54) is 18.2 Å². The minimum absolute atomic E-state index is 0.142. The van der Waals surface area contributed by atoms with Crippen LogP contribution < -0.4 is 9.47 Å². The van der Waals surface area contributed by atoms with Gasteiger partial charge >= 0.3 is 5.97 Å². The largest absolute Gasteiger partial charge is 0.490 e. The van der Waals surface area contributed by atoms with E-state index in [0.29, 0.717) is 42.3 Å². The summed E-state index contributed by atoms with van der Waals surface area (Å²) in [4.78, 5) is 22.6. The Hall–Kier alpha value is -2.57. The summed E-state index contributed by atoms with van der Waals surface area (Å²) in [5, 5.41) is 11.3. The Balaban J connectivity index is 2.52. The number of cyclic esters (lactones) is 1. The summed E-state index contributed by atoms with van der Waals surface area (Å²) in [7, 11) is 0. The number of nitro benzene ring substituents is 1. The van der Waals surface area contributed by atoms with Crippen molar-refractivity contribution in [1.29, 1.82) is 0 Å². The van der Waals surface area contributed by atoms with E-state index in [9.17, 15) is 14.9 Å². The highest BCUT2D eigenvalue weighted by Gasteiger charge is 2.27. The minimum atomic E-state index is -0.506. The van der Waals surface area contributed by atoms with Crippen molar-refractivity contribution in [2.45, 2.75) is 33.3 Å². The lowest BCUT2D eigenvalue weighted by molar-refractivity contribution is -0.385. The Morgan fingerprint density at radius 1 is 1.30 bits per heavy atom. The number of hydrogen-bond acceptors (Lipinski definition) is 6. The zero-order chi connectivity index (χ0) is 17.0. The fourth-order valence-electron chi connectivity index (χ4n) is 2.37. The van der Waals surface area contributed by atoms with E-state index in [4.69, 9.17) is 14.2 Å². The van der Waals surface area contributed by atoms with Crippen LogP contribution in [0.1, 0.15) is 32.8 Å². The van der Waals surface area contributed by atoms with E-state index in [0.717, 1.165) is 0 Å². The van der Waals surface area contributed by atoms with Crippen LogP contribution in [0.3, 0.4) is 0 Å². The highest BCUT2D eigenvalue weighted by atomic mass is 16.6. The molecular formula is C16H19NO6. The van der Waals surface area contributed by atoms with E-state index in [-0.39, 0.29) is 11.8 Å². The first kappa shape index (κ1) is 16.8. The van der Waals surface area contributed by atoms with Gasteiger partial charge < -0.3 is 14.2 Å². The third kappa shape index (κ3) is 3.80. The Bertz CT molecular complexity index is 652. The second-order valence-corrected chi connectivity index (χ2v) is 5.07. The lowest BCUT2D eigenvalue weighted by Crippen LogP contribution is -2.02. The van der Waals surface area contributed by atoms with Crippen molar-refractivity contribution < 1.29 is 23.9 Å². The van der Waals surface area contributed by atoms with Crippen LogP contribution in [0.5, 0.6) is 11.5 Å². The summed E-state index contributed by atoms with van der Waals surface area (Å²) in [6, 6.07) is 2.85. The number of carbonyl (C=O) groups is 1. The Morgan fingerprint density at radius 2 is 1.91 bits per heavy atom. The standard InChI is InChI=1S/C16H19NO6/c1-4-21-14-8-11(7-12-6-10(3)23-16(12)18)13(17(19)20)9-15(14)22-5-2/h7-10H,4-6H2,1-3H3. The fourth-order valence-corrected chi connectivity index (χ4v) is 2.37. The molecule has 1 heterocycles. The number of nitro groups is 1. The van der Waals surface area contributed by atoms with Crippen molar-refractivity contribution in [3.8, 4) is 11.5 Å². The fraction of sp³-hybridized carbons (Fsp3) is 0.438. The van der Waals surface area contributed by atoms with E-state index in [1.54, 1.807) is 13.8 Å². The van der Waals surface area contributed by atoms with Crippen molar-refractivity contribution in [2.24, 2.45) is 0 Å². The molecule has 1 atom stereocenters. The van der Waals surface area contributed by atoms with Gasteiger partial charge in [-0.1, -0.05) is 0 Å². The normalized spacial score (nSPS) is 18.8. The van der Waals surface area contributed by atoms with Gasteiger partial charge in [0.1, 0.15) is 6.10 Å². The molecular weight excluding hydrogens is 302 g/mol. The molecule has 1 aromatic carbocycles. The SMILES string of the molecule is CCOc1cc(C=C2CC(C)OC2=O)c([N+](=O)[O-])cc1OCC. The third-order valence-corrected chi connectivity index (χ3v) is 3.30. The molecule has 0 radical (unpaired) electrons. The van der Waals surface area contributed by atoms with Crippen LogP contribution in [-0.4, -0.2) is 30.2 Å². The summed E-state index contributed by atoms with van der Waals surface area (Å²) < 4.78 is 15.9. The van der Waals surface area contributed by atoms with Crippen LogP contribution in [0.15, 0.2) is 17.7 Å². The number of esters is 1. The van der Waals surface area contributed by atoms with Gasteiger partial charge in [-0.15, -0.1) is 0 Å². The molecule has 124 valence electrons. The summed E-state index contributed by atoms with van der Waals surface area (Å²) in [5.41, 5.74) is 0.562. The van der Waals surface area contributed by atoms with E-state index in [2.05, 4.69) is 0 Å². The number of benzene rings is 1. The second kappa shape index (κ2) is 7.13. The van der Waals surface area contributed by atoms with Crippen LogP contribution in [0.2, 0.25) is 0 Å². The number of nitrogens with zero attached hydrogens (tertiary/aromatic N) is 1. The first-order valence-electron chi connectivity index (χ1n) is 7.45. The van der Waals surface area contributed by atoms with E-state index in [1.807, 2.05) is 6.92 Å². The zero-order valence-corrected chi connectivity index (χ0v) is 13.3. The number of hydrogen-bond donors (Lipinski definition) is 0. The predicted octanol–water partition coefficient (Wildman–Crippen LogP) is 3.11. The maximum Gasteiger partial charge on any atom is 0.334 e. The molecule has 1 aliphatic rings. The van der Waals surface area contributed by atoms with Crippen LogP contribution in [0.25, 0.3) is 6.08 Å². The molecule has 1 unspecified atom stereocenters. The molecule has 1 aliphatic heterocycles. The average molecular weight is 321 g/mol. The summed E-state index contributed by atoms with van der Waals surface area (Å²) in [6.07, 6.45) is 1.69. The maximum absolute atomic E-state index is 11.7. The maximum atomic E-state index is 11.7. The second-order valence-electron chi connectivity index (χ2n) is 5.07. The predicted molar refractivity (Wildman–Crippen MR) is 83.6 cm³/mol. The van der Waals surface area contributed by atoms with Crippen LogP contribution in [0, 0.1) is 10.1 Å². The highest BCUT2D eigenvalue weighted by Crippen LogP contribution is 2.37. The third-order valence-electron chi connectivity index (χ3n) is 3.30. The number of carbonyl (C=O) groups excluding carboxylic acids is 1. The molecule has 0 amide bonds. The van der Waals surface area contributed by atoms with Gasteiger partial charge in [-0.25, -0.2) is 4.79 Å². The molecule has 2 rings (SSSR count). The molecule has 7 nitrogen and oxygen atoms in total. The minimum Gasteiger partial charge on any atom is -0.490 e. The molecule has 1 aromatic rings. The molecule has 1 saturated heterocycles. The van der Waals surface area contributed by atoms with Crippen LogP contribution in [0.4, 0.5) is 5.69 Å².